The Bertz CT molecular complexity index is 774. The van der Waals surface area contributed by atoms with Crippen molar-refractivity contribution in [3.05, 3.63) is 65.2 Å². The smallest absolute Gasteiger partial charge is 0.341 e. The molecule has 0 aliphatic heterocycles. The quantitative estimate of drug-likeness (QED) is 0.619. The lowest BCUT2D eigenvalue weighted by Gasteiger charge is -2.22. The molecule has 150 valence electrons. The van der Waals surface area contributed by atoms with E-state index in [2.05, 4.69) is 30.3 Å². The first-order valence-electron chi connectivity index (χ1n) is 9.81. The molecular formula is C23H27ClO4. The van der Waals surface area contributed by atoms with Gasteiger partial charge < -0.3 is 14.9 Å². The zero-order chi connectivity index (χ0) is 19.9. The first-order chi connectivity index (χ1) is 13.5. The van der Waals surface area contributed by atoms with Gasteiger partial charge in [-0.25, -0.2) is 4.79 Å². The van der Waals surface area contributed by atoms with Crippen LogP contribution in [0.15, 0.2) is 48.5 Å². The number of carbonyl (C=O) groups is 1. The van der Waals surface area contributed by atoms with Gasteiger partial charge >= 0.3 is 5.97 Å². The summed E-state index contributed by atoms with van der Waals surface area (Å²) in [4.78, 5) is 10.7. The Morgan fingerprint density at radius 3 is 2.50 bits per heavy atom. The minimum atomic E-state index is -0.976. The Morgan fingerprint density at radius 1 is 1.04 bits per heavy atom. The predicted molar refractivity (Wildman–Crippen MR) is 110 cm³/mol. The summed E-state index contributed by atoms with van der Waals surface area (Å²) in [6, 6.07) is 16.2. The number of rotatable bonds is 9. The predicted octanol–water partition coefficient (Wildman–Crippen LogP) is 4.10. The molecule has 4 nitrogen and oxygen atoms in total. The third-order valence-corrected chi connectivity index (χ3v) is 6.08. The number of aliphatic hydroxyl groups is 1. The lowest BCUT2D eigenvalue weighted by molar-refractivity contribution is -0.139. The molecule has 3 atom stereocenters. The summed E-state index contributed by atoms with van der Waals surface area (Å²) in [6.45, 7) is -0.158. The minimum Gasteiger partial charge on any atom is -0.482 e. The molecule has 0 radical (unpaired) electrons. The van der Waals surface area contributed by atoms with Crippen LogP contribution in [0.2, 0.25) is 0 Å². The molecule has 1 aliphatic carbocycles. The van der Waals surface area contributed by atoms with E-state index in [1.165, 1.54) is 5.56 Å². The van der Waals surface area contributed by atoms with Crippen LogP contribution in [0, 0.1) is 11.8 Å². The molecule has 0 aromatic heterocycles. The van der Waals surface area contributed by atoms with Crippen molar-refractivity contribution < 1.29 is 19.7 Å². The largest absolute Gasteiger partial charge is 0.482 e. The highest BCUT2D eigenvalue weighted by molar-refractivity contribution is 6.21. The Hall–Kier alpha value is -2.04. The molecule has 1 fully saturated rings. The van der Waals surface area contributed by atoms with Gasteiger partial charge in [0.1, 0.15) is 5.75 Å². The number of hydrogen-bond acceptors (Lipinski definition) is 3. The van der Waals surface area contributed by atoms with Crippen molar-refractivity contribution in [3.63, 3.8) is 0 Å². The fraction of sp³-hybridized carbons (Fsp3) is 0.435. The summed E-state index contributed by atoms with van der Waals surface area (Å²) >= 11 is 6.66. The van der Waals surface area contributed by atoms with Crippen LogP contribution in [0.3, 0.4) is 0 Å². The van der Waals surface area contributed by atoms with E-state index in [0.717, 1.165) is 36.8 Å². The number of alkyl halides is 1. The molecule has 3 rings (SSSR count). The molecule has 0 heterocycles. The van der Waals surface area contributed by atoms with E-state index in [1.54, 1.807) is 6.07 Å². The van der Waals surface area contributed by atoms with Gasteiger partial charge in [0.2, 0.25) is 0 Å². The highest BCUT2D eigenvalue weighted by Crippen LogP contribution is 2.40. The Kier molecular flexibility index (Phi) is 7.35. The molecule has 2 aromatic carbocycles. The molecule has 5 heteroatoms. The second kappa shape index (κ2) is 9.94. The van der Waals surface area contributed by atoms with Crippen LogP contribution in [0.4, 0.5) is 0 Å². The van der Waals surface area contributed by atoms with Crippen LogP contribution < -0.4 is 4.74 Å². The third kappa shape index (κ3) is 5.73. The van der Waals surface area contributed by atoms with Crippen LogP contribution in [-0.4, -0.2) is 34.8 Å². The van der Waals surface area contributed by atoms with Crippen molar-refractivity contribution in [2.75, 3.05) is 13.2 Å². The van der Waals surface area contributed by atoms with Crippen LogP contribution >= 0.6 is 11.6 Å². The van der Waals surface area contributed by atoms with Crippen molar-refractivity contribution >= 4 is 17.6 Å². The highest BCUT2D eigenvalue weighted by Gasteiger charge is 2.34. The zero-order valence-electron chi connectivity index (χ0n) is 15.9. The van der Waals surface area contributed by atoms with Crippen molar-refractivity contribution in [1.29, 1.82) is 0 Å². The highest BCUT2D eigenvalue weighted by atomic mass is 35.5. The van der Waals surface area contributed by atoms with Gasteiger partial charge in [0.25, 0.3) is 0 Å². The van der Waals surface area contributed by atoms with Gasteiger partial charge in [-0.05, 0) is 72.8 Å². The fourth-order valence-corrected chi connectivity index (χ4v) is 4.52. The summed E-state index contributed by atoms with van der Waals surface area (Å²) < 4.78 is 5.30. The lowest BCUT2D eigenvalue weighted by atomic mass is 9.85. The maximum Gasteiger partial charge on any atom is 0.341 e. The number of ether oxygens (including phenoxy) is 1. The van der Waals surface area contributed by atoms with Crippen molar-refractivity contribution in [3.8, 4) is 5.75 Å². The molecule has 2 N–H and O–H groups in total. The standard InChI is InChI=1S/C23H27ClO4/c24-22-9-8-19(12-18-2-1-3-20(13-18)28-15-23(26)27)21(22)14-17-6-4-16(5-7-17)10-11-25/h1-7,13,19,21-22,25H,8-12,14-15H2,(H,26,27)/t19-,21?,22?/m1/s1. The number of carboxylic acid groups (broad SMARTS) is 1. The van der Waals surface area contributed by atoms with E-state index in [1.807, 2.05) is 12.1 Å². The number of hydrogen-bond donors (Lipinski definition) is 2. The molecule has 2 unspecified atom stereocenters. The molecule has 1 saturated carbocycles. The van der Waals surface area contributed by atoms with Gasteiger partial charge in [0, 0.05) is 12.0 Å². The van der Waals surface area contributed by atoms with Crippen LogP contribution in [-0.2, 0) is 24.1 Å². The minimum absolute atomic E-state index is 0.170. The summed E-state index contributed by atoms with van der Waals surface area (Å²) in [7, 11) is 0. The number of aliphatic hydroxyl groups excluding tert-OH is 1. The maximum absolute atomic E-state index is 10.7. The molecule has 2 aromatic rings. The van der Waals surface area contributed by atoms with E-state index >= 15 is 0 Å². The first-order valence-corrected chi connectivity index (χ1v) is 10.2. The molecule has 0 saturated heterocycles. The number of halogens is 1. The van der Waals surface area contributed by atoms with Gasteiger partial charge in [-0.2, -0.15) is 0 Å². The summed E-state index contributed by atoms with van der Waals surface area (Å²) in [5.41, 5.74) is 3.58. The van der Waals surface area contributed by atoms with Gasteiger partial charge in [-0.1, -0.05) is 36.4 Å². The van der Waals surface area contributed by atoms with E-state index in [0.29, 0.717) is 24.0 Å². The van der Waals surface area contributed by atoms with Crippen molar-refractivity contribution in [1.82, 2.24) is 0 Å². The first kappa shape index (κ1) is 20.7. The molecule has 1 aliphatic rings. The Morgan fingerprint density at radius 2 is 1.79 bits per heavy atom. The monoisotopic (exact) mass is 402 g/mol. The maximum atomic E-state index is 10.7. The van der Waals surface area contributed by atoms with Gasteiger partial charge in [0.05, 0.1) is 0 Å². The average molecular weight is 403 g/mol. The van der Waals surface area contributed by atoms with Crippen molar-refractivity contribution in [2.45, 2.75) is 37.5 Å². The molecule has 0 amide bonds. The molecule has 28 heavy (non-hydrogen) atoms. The summed E-state index contributed by atoms with van der Waals surface area (Å²) in [6.07, 6.45) is 4.68. The van der Waals surface area contributed by atoms with Crippen molar-refractivity contribution in [2.24, 2.45) is 11.8 Å². The van der Waals surface area contributed by atoms with E-state index in [4.69, 9.17) is 26.6 Å². The number of aliphatic carboxylic acids is 1. The fourth-order valence-electron chi connectivity index (χ4n) is 4.10. The SMILES string of the molecule is O=C(O)COc1cccc(C[C@H]2CCC(Cl)C2Cc2ccc(CCO)cc2)c1. The van der Waals surface area contributed by atoms with E-state index in [9.17, 15) is 4.79 Å². The van der Waals surface area contributed by atoms with Gasteiger partial charge in [-0.3, -0.25) is 0 Å². The van der Waals surface area contributed by atoms with Crippen LogP contribution in [0.1, 0.15) is 29.5 Å². The van der Waals surface area contributed by atoms with Crippen LogP contribution in [0.25, 0.3) is 0 Å². The Balaban J connectivity index is 1.64. The topological polar surface area (TPSA) is 66.8 Å². The zero-order valence-corrected chi connectivity index (χ0v) is 16.6. The van der Waals surface area contributed by atoms with E-state index < -0.39 is 5.97 Å². The third-order valence-electron chi connectivity index (χ3n) is 5.54. The normalized spacial score (nSPS) is 21.6. The summed E-state index contributed by atoms with van der Waals surface area (Å²) in [5.74, 6) is 0.524. The second-order valence-electron chi connectivity index (χ2n) is 7.55. The van der Waals surface area contributed by atoms with Gasteiger partial charge in [0.15, 0.2) is 6.61 Å². The number of carboxylic acids is 1. The van der Waals surface area contributed by atoms with Gasteiger partial charge in [-0.15, -0.1) is 11.6 Å². The second-order valence-corrected chi connectivity index (χ2v) is 8.11. The van der Waals surface area contributed by atoms with Crippen LogP contribution in [0.5, 0.6) is 5.75 Å². The molecule has 0 spiro atoms. The number of benzene rings is 2. The Labute approximate surface area is 171 Å². The summed E-state index contributed by atoms with van der Waals surface area (Å²) in [5, 5.41) is 18.0. The average Bonchev–Trinajstić information content (AvgIpc) is 3.02. The lowest BCUT2D eigenvalue weighted by Crippen LogP contribution is -2.20. The molecular weight excluding hydrogens is 376 g/mol. The van der Waals surface area contributed by atoms with E-state index in [-0.39, 0.29) is 18.6 Å². The molecule has 0 bridgehead atoms.